The first-order chi connectivity index (χ1) is 19.0. The molecule has 0 bridgehead atoms. The highest BCUT2D eigenvalue weighted by Gasteiger charge is 2.26. The number of carbonyl (C=O) groups excluding carboxylic acids is 3. The van der Waals surface area contributed by atoms with E-state index >= 15 is 4.39 Å². The predicted octanol–water partition coefficient (Wildman–Crippen LogP) is 7.50. The second kappa shape index (κ2) is 9.84. The zero-order chi connectivity index (χ0) is 26.9. The quantitative estimate of drug-likeness (QED) is 0.138. The fraction of sp³-hybridized carbons (Fsp3) is 0. The van der Waals surface area contributed by atoms with Crippen LogP contribution in [0.15, 0.2) is 115 Å². The van der Waals surface area contributed by atoms with E-state index in [1.165, 1.54) is 12.1 Å². The Bertz CT molecular complexity index is 1930. The van der Waals surface area contributed by atoms with Crippen molar-refractivity contribution < 1.29 is 28.2 Å². The Balaban J connectivity index is 1.41. The third-order valence-corrected chi connectivity index (χ3v) is 6.57. The van der Waals surface area contributed by atoms with Crippen LogP contribution >= 0.6 is 0 Å². The largest absolute Gasteiger partial charge is 0.422 e. The SMILES string of the molecule is O=C(OC(=O)c1c(OC(=O)c2cccc3ccccc23)cc(F)c2ccccc12)c1cccc2ccccc12. The molecule has 0 heterocycles. The number of carbonyl (C=O) groups is 3. The van der Waals surface area contributed by atoms with Crippen molar-refractivity contribution in [2.75, 3.05) is 0 Å². The zero-order valence-electron chi connectivity index (χ0n) is 20.4. The van der Waals surface area contributed by atoms with Crippen LogP contribution in [0.3, 0.4) is 0 Å². The molecule has 6 aromatic carbocycles. The van der Waals surface area contributed by atoms with Crippen molar-refractivity contribution in [1.29, 1.82) is 0 Å². The molecular formula is C33H19FO5. The molecule has 0 saturated carbocycles. The first-order valence-electron chi connectivity index (χ1n) is 12.2. The highest BCUT2D eigenvalue weighted by Crippen LogP contribution is 2.33. The van der Waals surface area contributed by atoms with Gasteiger partial charge in [-0.25, -0.2) is 18.8 Å². The number of esters is 3. The van der Waals surface area contributed by atoms with Crippen LogP contribution in [-0.2, 0) is 4.74 Å². The van der Waals surface area contributed by atoms with Crippen molar-refractivity contribution in [3.8, 4) is 5.75 Å². The van der Waals surface area contributed by atoms with Crippen molar-refractivity contribution >= 4 is 50.2 Å². The van der Waals surface area contributed by atoms with E-state index in [1.807, 2.05) is 36.4 Å². The van der Waals surface area contributed by atoms with Crippen LogP contribution in [0.25, 0.3) is 32.3 Å². The molecule has 0 radical (unpaired) electrons. The van der Waals surface area contributed by atoms with Crippen LogP contribution in [0.5, 0.6) is 5.75 Å². The fourth-order valence-electron chi connectivity index (χ4n) is 4.75. The van der Waals surface area contributed by atoms with Crippen molar-refractivity contribution in [3.63, 3.8) is 0 Å². The monoisotopic (exact) mass is 514 g/mol. The van der Waals surface area contributed by atoms with E-state index in [-0.39, 0.29) is 33.2 Å². The Morgan fingerprint density at radius 2 is 1.00 bits per heavy atom. The third kappa shape index (κ3) is 4.38. The Morgan fingerprint density at radius 1 is 0.513 bits per heavy atom. The zero-order valence-corrected chi connectivity index (χ0v) is 20.4. The molecule has 188 valence electrons. The first kappa shape index (κ1) is 24.0. The van der Waals surface area contributed by atoms with E-state index in [2.05, 4.69) is 0 Å². The van der Waals surface area contributed by atoms with Crippen LogP contribution in [0.4, 0.5) is 4.39 Å². The third-order valence-electron chi connectivity index (χ3n) is 6.57. The lowest BCUT2D eigenvalue weighted by molar-refractivity contribution is 0.0399. The smallest absolute Gasteiger partial charge is 0.350 e. The van der Waals surface area contributed by atoms with Gasteiger partial charge < -0.3 is 9.47 Å². The Morgan fingerprint density at radius 3 is 1.62 bits per heavy atom. The summed E-state index contributed by atoms with van der Waals surface area (Å²) in [6, 6.07) is 31.9. The minimum absolute atomic E-state index is 0.118. The van der Waals surface area contributed by atoms with Gasteiger partial charge in [-0.2, -0.15) is 0 Å². The van der Waals surface area contributed by atoms with Gasteiger partial charge in [-0.15, -0.1) is 0 Å². The molecule has 6 rings (SSSR count). The lowest BCUT2D eigenvalue weighted by Crippen LogP contribution is -2.17. The average molecular weight is 515 g/mol. The molecule has 0 amide bonds. The van der Waals surface area contributed by atoms with E-state index in [1.54, 1.807) is 60.7 Å². The van der Waals surface area contributed by atoms with Crippen molar-refractivity contribution in [3.05, 3.63) is 138 Å². The summed E-state index contributed by atoms with van der Waals surface area (Å²) in [6.45, 7) is 0. The van der Waals surface area contributed by atoms with Crippen LogP contribution in [0.1, 0.15) is 31.1 Å². The van der Waals surface area contributed by atoms with Crippen molar-refractivity contribution in [1.82, 2.24) is 0 Å². The Labute approximate surface area is 222 Å². The van der Waals surface area contributed by atoms with E-state index < -0.39 is 23.7 Å². The molecule has 0 aliphatic heterocycles. The van der Waals surface area contributed by atoms with Gasteiger partial charge in [0.1, 0.15) is 17.1 Å². The number of hydrogen-bond donors (Lipinski definition) is 0. The Hall–Kier alpha value is -5.36. The lowest BCUT2D eigenvalue weighted by atomic mass is 10.0. The molecule has 0 saturated heterocycles. The number of fused-ring (bicyclic) bond motifs is 3. The highest BCUT2D eigenvalue weighted by atomic mass is 19.1. The van der Waals surface area contributed by atoms with Gasteiger partial charge in [-0.1, -0.05) is 97.1 Å². The van der Waals surface area contributed by atoms with Gasteiger partial charge in [-0.05, 0) is 33.7 Å². The summed E-state index contributed by atoms with van der Waals surface area (Å²) in [5, 5.41) is 3.14. The summed E-state index contributed by atoms with van der Waals surface area (Å²) in [5.74, 6) is -3.76. The first-order valence-corrected chi connectivity index (χ1v) is 12.2. The van der Waals surface area contributed by atoms with E-state index in [0.29, 0.717) is 10.8 Å². The standard InChI is InChI=1S/C33H19FO5/c34-28-19-29(38-31(35)26-17-7-11-20-9-1-3-13-22(20)26)30(25-16-6-5-15-24(25)28)33(37)39-32(36)27-18-8-12-21-10-2-4-14-23(21)27/h1-19H. The van der Waals surface area contributed by atoms with Crippen molar-refractivity contribution in [2.24, 2.45) is 0 Å². The number of hydrogen-bond acceptors (Lipinski definition) is 5. The second-order valence-electron chi connectivity index (χ2n) is 8.90. The van der Waals surface area contributed by atoms with Crippen LogP contribution in [0.2, 0.25) is 0 Å². The summed E-state index contributed by atoms with van der Waals surface area (Å²) in [4.78, 5) is 39.9. The molecule has 0 fully saturated rings. The minimum atomic E-state index is -1.06. The average Bonchev–Trinajstić information content (AvgIpc) is 2.96. The van der Waals surface area contributed by atoms with Gasteiger partial charge in [0, 0.05) is 16.8 Å². The Kier molecular flexibility index (Phi) is 6.05. The molecule has 0 N–H and O–H groups in total. The van der Waals surface area contributed by atoms with E-state index in [9.17, 15) is 14.4 Å². The number of rotatable bonds is 4. The fourth-order valence-corrected chi connectivity index (χ4v) is 4.75. The van der Waals surface area contributed by atoms with Gasteiger partial charge in [0.2, 0.25) is 0 Å². The van der Waals surface area contributed by atoms with Crippen LogP contribution in [0, 0.1) is 5.82 Å². The minimum Gasteiger partial charge on any atom is -0.422 e. The lowest BCUT2D eigenvalue weighted by Gasteiger charge is -2.14. The van der Waals surface area contributed by atoms with Gasteiger partial charge in [-0.3, -0.25) is 0 Å². The highest BCUT2D eigenvalue weighted by molar-refractivity contribution is 6.15. The summed E-state index contributed by atoms with van der Waals surface area (Å²) in [5.41, 5.74) is 0.212. The molecule has 0 aromatic heterocycles. The normalized spacial score (nSPS) is 11.0. The number of halogens is 1. The maximum absolute atomic E-state index is 15.1. The molecule has 6 aromatic rings. The maximum Gasteiger partial charge on any atom is 0.350 e. The molecule has 0 spiro atoms. The van der Waals surface area contributed by atoms with Crippen LogP contribution < -0.4 is 4.74 Å². The topological polar surface area (TPSA) is 69.7 Å². The van der Waals surface area contributed by atoms with E-state index in [4.69, 9.17) is 9.47 Å². The molecule has 0 atom stereocenters. The van der Waals surface area contributed by atoms with Gasteiger partial charge in [0.25, 0.3) is 0 Å². The van der Waals surface area contributed by atoms with Crippen molar-refractivity contribution in [2.45, 2.75) is 0 Å². The molecule has 0 aliphatic rings. The van der Waals surface area contributed by atoms with Gasteiger partial charge in [0.15, 0.2) is 0 Å². The summed E-state index contributed by atoms with van der Waals surface area (Å²) >= 11 is 0. The molecule has 6 heteroatoms. The summed E-state index contributed by atoms with van der Waals surface area (Å²) in [7, 11) is 0. The predicted molar refractivity (Wildman–Crippen MR) is 147 cm³/mol. The number of ether oxygens (including phenoxy) is 2. The van der Waals surface area contributed by atoms with Crippen LogP contribution in [-0.4, -0.2) is 17.9 Å². The maximum atomic E-state index is 15.1. The molecular weight excluding hydrogens is 495 g/mol. The van der Waals surface area contributed by atoms with E-state index in [0.717, 1.165) is 16.8 Å². The molecule has 0 aliphatic carbocycles. The summed E-state index contributed by atoms with van der Waals surface area (Å²) < 4.78 is 26.0. The van der Waals surface area contributed by atoms with Gasteiger partial charge in [0.05, 0.1) is 11.1 Å². The molecule has 5 nitrogen and oxygen atoms in total. The number of benzene rings is 6. The molecule has 39 heavy (non-hydrogen) atoms. The molecule has 0 unspecified atom stereocenters. The second-order valence-corrected chi connectivity index (χ2v) is 8.90. The van der Waals surface area contributed by atoms with Gasteiger partial charge >= 0.3 is 17.9 Å². The summed E-state index contributed by atoms with van der Waals surface area (Å²) in [6.07, 6.45) is 0.